The van der Waals surface area contributed by atoms with Crippen molar-refractivity contribution in [3.05, 3.63) is 0 Å². The van der Waals surface area contributed by atoms with E-state index in [0.717, 1.165) is 26.0 Å². The molecule has 1 saturated carbocycles. The van der Waals surface area contributed by atoms with Gasteiger partial charge in [0.2, 0.25) is 0 Å². The predicted octanol–water partition coefficient (Wildman–Crippen LogP) is 1.83. The van der Waals surface area contributed by atoms with Gasteiger partial charge in [0.15, 0.2) is 0 Å². The third-order valence-electron chi connectivity index (χ3n) is 4.39. The van der Waals surface area contributed by atoms with Crippen LogP contribution in [0.1, 0.15) is 33.6 Å². The lowest BCUT2D eigenvalue weighted by Gasteiger charge is -2.54. The van der Waals surface area contributed by atoms with Gasteiger partial charge in [0.05, 0.1) is 18.8 Å². The summed E-state index contributed by atoms with van der Waals surface area (Å²) in [5.41, 5.74) is 0.251. The number of methoxy groups -OCH3 is 2. The Kier molecular flexibility index (Phi) is 6.57. The zero-order chi connectivity index (χ0) is 13.6. The van der Waals surface area contributed by atoms with Crippen LogP contribution in [0.3, 0.4) is 0 Å². The smallest absolute Gasteiger partial charge is 0.0928 e. The van der Waals surface area contributed by atoms with E-state index in [9.17, 15) is 0 Å². The minimum atomic E-state index is 0.127. The summed E-state index contributed by atoms with van der Waals surface area (Å²) in [5.74, 6) is 0. The van der Waals surface area contributed by atoms with E-state index in [2.05, 4.69) is 26.1 Å². The van der Waals surface area contributed by atoms with Gasteiger partial charge in [-0.1, -0.05) is 13.8 Å². The molecule has 4 atom stereocenters. The fraction of sp³-hybridized carbons (Fsp3) is 1.00. The first-order valence-corrected chi connectivity index (χ1v) is 6.99. The van der Waals surface area contributed by atoms with Crippen molar-refractivity contribution in [1.29, 1.82) is 0 Å². The summed E-state index contributed by atoms with van der Waals surface area (Å²) in [6.45, 7) is 8.89. The molecule has 1 fully saturated rings. The van der Waals surface area contributed by atoms with E-state index in [-0.39, 0.29) is 11.5 Å². The van der Waals surface area contributed by atoms with E-state index in [1.54, 1.807) is 14.2 Å². The highest BCUT2D eigenvalue weighted by Gasteiger charge is 2.50. The minimum Gasteiger partial charge on any atom is -0.382 e. The van der Waals surface area contributed by atoms with E-state index < -0.39 is 0 Å². The molecule has 0 radical (unpaired) electrons. The van der Waals surface area contributed by atoms with Crippen LogP contribution in [0.25, 0.3) is 0 Å². The van der Waals surface area contributed by atoms with Gasteiger partial charge >= 0.3 is 0 Å². The molecule has 1 N–H and O–H groups in total. The third kappa shape index (κ3) is 3.44. The molecule has 4 nitrogen and oxygen atoms in total. The van der Waals surface area contributed by atoms with Crippen LogP contribution in [0, 0.1) is 5.41 Å². The van der Waals surface area contributed by atoms with Crippen LogP contribution < -0.4 is 5.32 Å². The molecule has 4 unspecified atom stereocenters. The maximum absolute atomic E-state index is 5.80. The average molecular weight is 259 g/mol. The van der Waals surface area contributed by atoms with E-state index in [1.165, 1.54) is 0 Å². The van der Waals surface area contributed by atoms with Crippen LogP contribution in [0.2, 0.25) is 0 Å². The number of hydrogen-bond acceptors (Lipinski definition) is 4. The highest BCUT2D eigenvalue weighted by atomic mass is 16.5. The summed E-state index contributed by atoms with van der Waals surface area (Å²) in [5, 5.41) is 3.60. The van der Waals surface area contributed by atoms with Gasteiger partial charge in [-0.2, -0.15) is 0 Å². The van der Waals surface area contributed by atoms with Gasteiger partial charge in [0, 0.05) is 38.8 Å². The Bertz CT molecular complexity index is 237. The molecule has 1 aliphatic carbocycles. The monoisotopic (exact) mass is 259 g/mol. The fourth-order valence-corrected chi connectivity index (χ4v) is 2.74. The summed E-state index contributed by atoms with van der Waals surface area (Å²) in [6, 6.07) is 0.522. The molecule has 0 amide bonds. The molecule has 4 heteroatoms. The average Bonchev–Trinajstić information content (AvgIpc) is 2.39. The van der Waals surface area contributed by atoms with Crippen LogP contribution in [-0.4, -0.2) is 52.2 Å². The maximum atomic E-state index is 5.80. The molecule has 108 valence electrons. The summed E-state index contributed by atoms with van der Waals surface area (Å²) < 4.78 is 16.3. The second-order valence-corrected chi connectivity index (χ2v) is 5.31. The lowest BCUT2D eigenvalue weighted by molar-refractivity contribution is -0.128. The first-order chi connectivity index (χ1) is 8.62. The van der Waals surface area contributed by atoms with Gasteiger partial charge in [-0.15, -0.1) is 0 Å². The molecule has 0 aliphatic heterocycles. The largest absolute Gasteiger partial charge is 0.382 e. The summed E-state index contributed by atoms with van der Waals surface area (Å²) in [7, 11) is 3.44. The number of hydrogen-bond donors (Lipinski definition) is 1. The van der Waals surface area contributed by atoms with Crippen molar-refractivity contribution in [3.8, 4) is 0 Å². The molecule has 0 saturated heterocycles. The summed E-state index contributed by atoms with van der Waals surface area (Å²) >= 11 is 0. The van der Waals surface area contributed by atoms with Gasteiger partial charge in [-0.25, -0.2) is 0 Å². The van der Waals surface area contributed by atoms with Gasteiger partial charge in [0.25, 0.3) is 0 Å². The van der Waals surface area contributed by atoms with Gasteiger partial charge in [-0.05, 0) is 19.8 Å². The van der Waals surface area contributed by atoms with Crippen molar-refractivity contribution in [2.45, 2.75) is 51.9 Å². The molecule has 0 aromatic heterocycles. The fourth-order valence-electron chi connectivity index (χ4n) is 2.74. The predicted molar refractivity (Wildman–Crippen MR) is 72.9 cm³/mol. The van der Waals surface area contributed by atoms with Crippen molar-refractivity contribution in [2.24, 2.45) is 5.41 Å². The number of rotatable bonds is 9. The van der Waals surface area contributed by atoms with Crippen molar-refractivity contribution >= 4 is 0 Å². The van der Waals surface area contributed by atoms with Crippen LogP contribution in [0.5, 0.6) is 0 Å². The molecular weight excluding hydrogens is 230 g/mol. The lowest BCUT2D eigenvalue weighted by atomic mass is 9.61. The van der Waals surface area contributed by atoms with E-state index in [1.807, 2.05) is 0 Å². The second-order valence-electron chi connectivity index (χ2n) is 5.31. The zero-order valence-corrected chi connectivity index (χ0v) is 12.5. The maximum Gasteiger partial charge on any atom is 0.0928 e. The Labute approximate surface area is 111 Å². The first kappa shape index (κ1) is 15.9. The quantitative estimate of drug-likeness (QED) is 0.686. The Balaban J connectivity index is 2.39. The standard InChI is InChI=1S/C14H29NO3/c1-6-14(3)12(8-13(14)18-7-2)15-9-11(17-5)10-16-4/h11-13,15H,6-10H2,1-5H3. The topological polar surface area (TPSA) is 39.7 Å². The van der Waals surface area contributed by atoms with Gasteiger partial charge in [0.1, 0.15) is 0 Å². The van der Waals surface area contributed by atoms with Crippen molar-refractivity contribution in [3.63, 3.8) is 0 Å². The van der Waals surface area contributed by atoms with Crippen LogP contribution in [0.4, 0.5) is 0 Å². The molecule has 0 aromatic carbocycles. The molecular formula is C14H29NO3. The first-order valence-electron chi connectivity index (χ1n) is 6.99. The van der Waals surface area contributed by atoms with Crippen LogP contribution in [0.15, 0.2) is 0 Å². The molecule has 18 heavy (non-hydrogen) atoms. The minimum absolute atomic E-state index is 0.127. The molecule has 0 aromatic rings. The highest BCUT2D eigenvalue weighted by molar-refractivity contribution is 5.04. The lowest BCUT2D eigenvalue weighted by Crippen LogP contribution is -2.63. The van der Waals surface area contributed by atoms with E-state index in [4.69, 9.17) is 14.2 Å². The van der Waals surface area contributed by atoms with Gasteiger partial charge < -0.3 is 19.5 Å². The second kappa shape index (κ2) is 7.43. The van der Waals surface area contributed by atoms with Crippen LogP contribution >= 0.6 is 0 Å². The Hall–Kier alpha value is -0.160. The summed E-state index contributed by atoms with van der Waals surface area (Å²) in [4.78, 5) is 0. The molecule has 0 spiro atoms. The Morgan fingerprint density at radius 2 is 2.06 bits per heavy atom. The third-order valence-corrected chi connectivity index (χ3v) is 4.39. The molecule has 0 heterocycles. The normalized spacial score (nSPS) is 33.2. The summed E-state index contributed by atoms with van der Waals surface area (Å²) in [6.07, 6.45) is 2.76. The van der Waals surface area contributed by atoms with Crippen molar-refractivity contribution in [2.75, 3.05) is 34.0 Å². The molecule has 1 rings (SSSR count). The van der Waals surface area contributed by atoms with Crippen molar-refractivity contribution < 1.29 is 14.2 Å². The van der Waals surface area contributed by atoms with Gasteiger partial charge in [-0.3, -0.25) is 0 Å². The zero-order valence-electron chi connectivity index (χ0n) is 12.5. The van der Waals surface area contributed by atoms with E-state index >= 15 is 0 Å². The Morgan fingerprint density at radius 1 is 1.33 bits per heavy atom. The highest BCUT2D eigenvalue weighted by Crippen LogP contribution is 2.45. The number of ether oxygens (including phenoxy) is 3. The SMILES string of the molecule is CCOC1CC(NCC(COC)OC)C1(C)CC. The Morgan fingerprint density at radius 3 is 2.56 bits per heavy atom. The van der Waals surface area contributed by atoms with E-state index in [0.29, 0.717) is 18.8 Å². The molecule has 0 bridgehead atoms. The van der Waals surface area contributed by atoms with Crippen molar-refractivity contribution in [1.82, 2.24) is 5.32 Å². The molecule has 1 aliphatic rings. The number of nitrogens with one attached hydrogen (secondary N) is 1. The van der Waals surface area contributed by atoms with Crippen LogP contribution in [-0.2, 0) is 14.2 Å².